The molecular weight excluding hydrogens is 154 g/mol. The third-order valence-corrected chi connectivity index (χ3v) is 1.76. The van der Waals surface area contributed by atoms with Crippen molar-refractivity contribution in [1.29, 1.82) is 0 Å². The molecule has 66 valence electrons. The molecule has 0 heterocycles. The maximum absolute atomic E-state index is 8.81. The van der Waals surface area contributed by atoms with Crippen LogP contribution in [0.1, 0.15) is 17.2 Å². The van der Waals surface area contributed by atoms with E-state index in [-0.39, 0.29) is 19.3 Å². The highest BCUT2D eigenvalue weighted by Crippen LogP contribution is 2.11. The van der Waals surface area contributed by atoms with Gasteiger partial charge in [-0.05, 0) is 11.1 Å². The van der Waals surface area contributed by atoms with E-state index >= 15 is 0 Å². The lowest BCUT2D eigenvalue weighted by Crippen LogP contribution is -2.14. The summed E-state index contributed by atoms with van der Waals surface area (Å²) in [4.78, 5) is 0. The number of benzene rings is 1. The number of hydrogen-bond acceptors (Lipinski definition) is 3. The second kappa shape index (κ2) is 4.21. The van der Waals surface area contributed by atoms with E-state index in [0.29, 0.717) is 0 Å². The second-order valence-corrected chi connectivity index (χ2v) is 2.69. The largest absolute Gasteiger partial charge is 0.394 e. The van der Waals surface area contributed by atoms with Crippen LogP contribution in [0.3, 0.4) is 0 Å². The number of hydrogen-bond donors (Lipinski definition) is 3. The number of aliphatic hydroxyl groups excluding tert-OH is 2. The number of rotatable bonds is 3. The van der Waals surface area contributed by atoms with Gasteiger partial charge < -0.3 is 15.9 Å². The van der Waals surface area contributed by atoms with Crippen molar-refractivity contribution in [2.75, 3.05) is 6.61 Å². The van der Waals surface area contributed by atoms with Gasteiger partial charge in [-0.3, -0.25) is 0 Å². The van der Waals surface area contributed by atoms with Gasteiger partial charge >= 0.3 is 0 Å². The van der Waals surface area contributed by atoms with E-state index in [0.717, 1.165) is 11.1 Å². The highest BCUT2D eigenvalue weighted by atomic mass is 16.3. The molecular formula is C9H13NO2. The van der Waals surface area contributed by atoms with Crippen LogP contribution in [0.5, 0.6) is 0 Å². The molecule has 12 heavy (non-hydrogen) atoms. The van der Waals surface area contributed by atoms with Gasteiger partial charge in [0.05, 0.1) is 19.3 Å². The third-order valence-electron chi connectivity index (χ3n) is 1.76. The van der Waals surface area contributed by atoms with Crippen LogP contribution >= 0.6 is 0 Å². The first kappa shape index (κ1) is 9.19. The molecule has 0 saturated heterocycles. The number of aliphatic hydroxyl groups is 2. The number of nitrogens with two attached hydrogens (primary N) is 1. The third kappa shape index (κ3) is 2.04. The summed E-state index contributed by atoms with van der Waals surface area (Å²) < 4.78 is 0. The zero-order valence-electron chi connectivity index (χ0n) is 6.77. The summed E-state index contributed by atoms with van der Waals surface area (Å²) in [7, 11) is 0. The van der Waals surface area contributed by atoms with E-state index in [2.05, 4.69) is 0 Å². The molecule has 0 radical (unpaired) electrons. The molecule has 1 rings (SSSR count). The first-order chi connectivity index (χ1) is 5.77. The van der Waals surface area contributed by atoms with Crippen LogP contribution < -0.4 is 5.73 Å². The SMILES string of the molecule is N[C@H](CO)c1cccc(CO)c1. The quantitative estimate of drug-likeness (QED) is 0.601. The van der Waals surface area contributed by atoms with Crippen LogP contribution in [0.25, 0.3) is 0 Å². The highest BCUT2D eigenvalue weighted by Gasteiger charge is 2.03. The summed E-state index contributed by atoms with van der Waals surface area (Å²) in [5.41, 5.74) is 7.25. The van der Waals surface area contributed by atoms with Gasteiger partial charge in [-0.2, -0.15) is 0 Å². The Balaban J connectivity index is 2.86. The summed E-state index contributed by atoms with van der Waals surface area (Å²) in [6, 6.07) is 6.90. The molecule has 0 unspecified atom stereocenters. The van der Waals surface area contributed by atoms with Gasteiger partial charge in [0.2, 0.25) is 0 Å². The van der Waals surface area contributed by atoms with Crippen molar-refractivity contribution in [2.45, 2.75) is 12.6 Å². The van der Waals surface area contributed by atoms with E-state index in [1.807, 2.05) is 18.2 Å². The summed E-state index contributed by atoms with van der Waals surface area (Å²) in [6.07, 6.45) is 0. The fourth-order valence-corrected chi connectivity index (χ4v) is 1.03. The second-order valence-electron chi connectivity index (χ2n) is 2.69. The fraction of sp³-hybridized carbons (Fsp3) is 0.333. The molecule has 0 fully saturated rings. The normalized spacial score (nSPS) is 12.9. The molecule has 1 atom stereocenters. The van der Waals surface area contributed by atoms with Crippen LogP contribution in [0.15, 0.2) is 24.3 Å². The maximum Gasteiger partial charge on any atom is 0.0681 e. The minimum atomic E-state index is -0.350. The van der Waals surface area contributed by atoms with Gasteiger partial charge in [-0.25, -0.2) is 0 Å². The van der Waals surface area contributed by atoms with Crippen LogP contribution in [-0.2, 0) is 6.61 Å². The lowest BCUT2D eigenvalue weighted by atomic mass is 10.1. The van der Waals surface area contributed by atoms with Gasteiger partial charge in [0, 0.05) is 0 Å². The predicted molar refractivity (Wildman–Crippen MR) is 46.4 cm³/mol. The van der Waals surface area contributed by atoms with E-state index in [1.165, 1.54) is 0 Å². The topological polar surface area (TPSA) is 66.5 Å². The van der Waals surface area contributed by atoms with Crippen molar-refractivity contribution < 1.29 is 10.2 Å². The molecule has 0 aliphatic heterocycles. The molecule has 3 nitrogen and oxygen atoms in total. The first-order valence-corrected chi connectivity index (χ1v) is 3.84. The van der Waals surface area contributed by atoms with Crippen molar-refractivity contribution in [3.8, 4) is 0 Å². The van der Waals surface area contributed by atoms with Gasteiger partial charge in [0.15, 0.2) is 0 Å². The van der Waals surface area contributed by atoms with Crippen molar-refractivity contribution >= 4 is 0 Å². The molecule has 0 saturated carbocycles. The Morgan fingerprint density at radius 1 is 1.33 bits per heavy atom. The Labute approximate surface area is 71.5 Å². The van der Waals surface area contributed by atoms with Crippen molar-refractivity contribution in [1.82, 2.24) is 0 Å². The smallest absolute Gasteiger partial charge is 0.0681 e. The van der Waals surface area contributed by atoms with E-state index in [1.54, 1.807) is 6.07 Å². The van der Waals surface area contributed by atoms with Crippen molar-refractivity contribution in [3.63, 3.8) is 0 Å². The first-order valence-electron chi connectivity index (χ1n) is 3.84. The van der Waals surface area contributed by atoms with Gasteiger partial charge in [-0.15, -0.1) is 0 Å². The Hall–Kier alpha value is -0.900. The summed E-state index contributed by atoms with van der Waals surface area (Å²) in [5, 5.41) is 17.6. The van der Waals surface area contributed by atoms with Crippen LogP contribution in [0, 0.1) is 0 Å². The van der Waals surface area contributed by atoms with Crippen molar-refractivity contribution in [2.24, 2.45) is 5.73 Å². The molecule has 3 heteroatoms. The molecule has 0 aromatic heterocycles. The van der Waals surface area contributed by atoms with Gasteiger partial charge in [0.25, 0.3) is 0 Å². The lowest BCUT2D eigenvalue weighted by molar-refractivity contribution is 0.266. The predicted octanol–water partition coefficient (Wildman–Crippen LogP) is 0.171. The molecule has 1 aromatic carbocycles. The molecule has 0 aliphatic carbocycles. The van der Waals surface area contributed by atoms with E-state index < -0.39 is 0 Å². The zero-order valence-corrected chi connectivity index (χ0v) is 6.77. The fourth-order valence-electron chi connectivity index (χ4n) is 1.03. The van der Waals surface area contributed by atoms with Gasteiger partial charge in [-0.1, -0.05) is 24.3 Å². The van der Waals surface area contributed by atoms with Crippen LogP contribution in [-0.4, -0.2) is 16.8 Å². The van der Waals surface area contributed by atoms with E-state index in [4.69, 9.17) is 15.9 Å². The molecule has 1 aromatic rings. The minimum absolute atomic E-state index is 0.00594. The Morgan fingerprint density at radius 2 is 2.08 bits per heavy atom. The molecule has 0 amide bonds. The minimum Gasteiger partial charge on any atom is -0.394 e. The molecule has 0 bridgehead atoms. The lowest BCUT2D eigenvalue weighted by Gasteiger charge is -2.08. The maximum atomic E-state index is 8.81. The summed E-state index contributed by atoms with van der Waals surface area (Å²) in [5.74, 6) is 0. The summed E-state index contributed by atoms with van der Waals surface area (Å²) >= 11 is 0. The zero-order chi connectivity index (χ0) is 8.97. The Bertz CT molecular complexity index is 250. The van der Waals surface area contributed by atoms with Crippen molar-refractivity contribution in [3.05, 3.63) is 35.4 Å². The van der Waals surface area contributed by atoms with Crippen LogP contribution in [0.2, 0.25) is 0 Å². The molecule has 0 spiro atoms. The van der Waals surface area contributed by atoms with Crippen LogP contribution in [0.4, 0.5) is 0 Å². The average Bonchev–Trinajstić information content (AvgIpc) is 2.17. The Kier molecular flexibility index (Phi) is 3.22. The molecule has 0 aliphatic rings. The highest BCUT2D eigenvalue weighted by molar-refractivity contribution is 5.25. The average molecular weight is 167 g/mol. The standard InChI is InChI=1S/C9H13NO2/c10-9(6-12)8-3-1-2-7(4-8)5-11/h1-4,9,11-12H,5-6,10H2/t9-/m1/s1. The van der Waals surface area contributed by atoms with Gasteiger partial charge in [0.1, 0.15) is 0 Å². The van der Waals surface area contributed by atoms with E-state index in [9.17, 15) is 0 Å². The Morgan fingerprint density at radius 3 is 2.67 bits per heavy atom. The monoisotopic (exact) mass is 167 g/mol. The molecule has 4 N–H and O–H groups in total. The summed E-state index contributed by atoms with van der Waals surface area (Å²) in [6.45, 7) is -0.0686.